The zero-order valence-electron chi connectivity index (χ0n) is 21.1. The average molecular weight is 488 g/mol. The molecule has 2 aliphatic rings. The molecule has 3 nitrogen and oxygen atoms in total. The molecule has 3 atom stereocenters. The Hall–Kier alpha value is -3.98. The third kappa shape index (κ3) is 5.27. The van der Waals surface area contributed by atoms with Crippen LogP contribution in [0.2, 0.25) is 0 Å². The molecule has 0 amide bonds. The molecule has 0 saturated heterocycles. The van der Waals surface area contributed by atoms with Crippen molar-refractivity contribution in [3.63, 3.8) is 0 Å². The van der Waals surface area contributed by atoms with E-state index in [1.165, 1.54) is 27.9 Å². The number of ether oxygens (including phenoxy) is 2. The molecule has 4 aromatic rings. The number of para-hydroxylation sites is 1. The Morgan fingerprint density at radius 1 is 0.730 bits per heavy atom. The van der Waals surface area contributed by atoms with Crippen LogP contribution in [0.4, 0.5) is 5.69 Å². The molecule has 0 saturated carbocycles. The second kappa shape index (κ2) is 11.0. The zero-order valence-corrected chi connectivity index (χ0v) is 21.1. The van der Waals surface area contributed by atoms with E-state index in [-0.39, 0.29) is 6.04 Å². The topological polar surface area (TPSA) is 30.5 Å². The SMILES string of the molecule is C1=CC2c3cc(OCCCc4ccccc4)ccc3NC(c3ccccc3OCc3ccccc3)C2C1. The van der Waals surface area contributed by atoms with E-state index in [4.69, 9.17) is 9.47 Å². The van der Waals surface area contributed by atoms with E-state index in [1.54, 1.807) is 0 Å². The Morgan fingerprint density at radius 3 is 2.32 bits per heavy atom. The molecule has 1 N–H and O–H groups in total. The fourth-order valence-electron chi connectivity index (χ4n) is 5.69. The largest absolute Gasteiger partial charge is 0.494 e. The van der Waals surface area contributed by atoms with Crippen molar-refractivity contribution >= 4 is 5.69 Å². The molecule has 0 radical (unpaired) electrons. The number of anilines is 1. The van der Waals surface area contributed by atoms with Crippen molar-refractivity contribution in [1.82, 2.24) is 0 Å². The van der Waals surface area contributed by atoms with Gasteiger partial charge in [0.05, 0.1) is 12.6 Å². The second-order valence-electron chi connectivity index (χ2n) is 9.97. The molecular weight excluding hydrogens is 454 g/mol. The number of aryl methyl sites for hydroxylation is 1. The highest BCUT2D eigenvalue weighted by molar-refractivity contribution is 5.62. The molecule has 4 aromatic carbocycles. The summed E-state index contributed by atoms with van der Waals surface area (Å²) in [4.78, 5) is 0. The first-order valence-corrected chi connectivity index (χ1v) is 13.3. The molecular formula is C34H33NO2. The van der Waals surface area contributed by atoms with Crippen molar-refractivity contribution in [1.29, 1.82) is 0 Å². The zero-order chi connectivity index (χ0) is 24.9. The van der Waals surface area contributed by atoms with Crippen LogP contribution >= 0.6 is 0 Å². The first kappa shape index (κ1) is 23.4. The lowest BCUT2D eigenvalue weighted by Gasteiger charge is -2.38. The normalized spacial score (nSPS) is 19.5. The summed E-state index contributed by atoms with van der Waals surface area (Å²) in [6.07, 6.45) is 7.81. The van der Waals surface area contributed by atoms with Crippen molar-refractivity contribution in [3.05, 3.63) is 138 Å². The van der Waals surface area contributed by atoms with Gasteiger partial charge in [0.25, 0.3) is 0 Å². The van der Waals surface area contributed by atoms with Crippen LogP contribution in [0.3, 0.4) is 0 Å². The van der Waals surface area contributed by atoms with Gasteiger partial charge in [0.15, 0.2) is 0 Å². The highest BCUT2D eigenvalue weighted by atomic mass is 16.5. The molecule has 3 unspecified atom stereocenters. The lowest BCUT2D eigenvalue weighted by Crippen LogP contribution is -2.29. The van der Waals surface area contributed by atoms with Gasteiger partial charge >= 0.3 is 0 Å². The number of allylic oxidation sites excluding steroid dienone is 2. The van der Waals surface area contributed by atoms with Gasteiger partial charge in [0.2, 0.25) is 0 Å². The molecule has 37 heavy (non-hydrogen) atoms. The number of hydrogen-bond donors (Lipinski definition) is 1. The molecule has 1 aliphatic heterocycles. The van der Waals surface area contributed by atoms with Crippen molar-refractivity contribution in [2.24, 2.45) is 5.92 Å². The Kier molecular flexibility index (Phi) is 6.94. The second-order valence-corrected chi connectivity index (χ2v) is 9.97. The first-order valence-electron chi connectivity index (χ1n) is 13.3. The Bertz CT molecular complexity index is 1350. The lowest BCUT2D eigenvalue weighted by molar-refractivity contribution is 0.296. The summed E-state index contributed by atoms with van der Waals surface area (Å²) in [5, 5.41) is 3.86. The van der Waals surface area contributed by atoms with Gasteiger partial charge in [-0.05, 0) is 66.1 Å². The summed E-state index contributed by atoms with van der Waals surface area (Å²) >= 11 is 0. The van der Waals surface area contributed by atoms with Gasteiger partial charge in [0, 0.05) is 17.2 Å². The number of benzene rings is 4. The Labute approximate surface area is 219 Å². The fraction of sp³-hybridized carbons (Fsp3) is 0.235. The summed E-state index contributed by atoms with van der Waals surface area (Å²) < 4.78 is 12.5. The van der Waals surface area contributed by atoms with E-state index in [0.717, 1.165) is 37.4 Å². The molecule has 1 heterocycles. The number of nitrogens with one attached hydrogen (secondary N) is 1. The lowest BCUT2D eigenvalue weighted by atomic mass is 9.77. The van der Waals surface area contributed by atoms with E-state index < -0.39 is 0 Å². The minimum Gasteiger partial charge on any atom is -0.494 e. The van der Waals surface area contributed by atoms with Crippen molar-refractivity contribution < 1.29 is 9.47 Å². The van der Waals surface area contributed by atoms with Crippen LogP contribution < -0.4 is 14.8 Å². The molecule has 186 valence electrons. The van der Waals surface area contributed by atoms with Crippen LogP contribution in [0.25, 0.3) is 0 Å². The maximum atomic E-state index is 6.34. The van der Waals surface area contributed by atoms with Gasteiger partial charge in [-0.2, -0.15) is 0 Å². The summed E-state index contributed by atoms with van der Waals surface area (Å²) in [6, 6.07) is 36.2. The third-order valence-electron chi connectivity index (χ3n) is 7.55. The third-order valence-corrected chi connectivity index (χ3v) is 7.55. The molecule has 3 heteroatoms. The number of fused-ring (bicyclic) bond motifs is 3. The molecule has 6 rings (SSSR count). The van der Waals surface area contributed by atoms with Gasteiger partial charge in [-0.3, -0.25) is 0 Å². The summed E-state index contributed by atoms with van der Waals surface area (Å²) in [5.74, 6) is 2.73. The van der Waals surface area contributed by atoms with Gasteiger partial charge < -0.3 is 14.8 Å². The van der Waals surface area contributed by atoms with Gasteiger partial charge in [-0.25, -0.2) is 0 Å². The minimum absolute atomic E-state index is 0.192. The number of rotatable bonds is 9. The highest BCUT2D eigenvalue weighted by Gasteiger charge is 2.39. The predicted molar refractivity (Wildman–Crippen MR) is 150 cm³/mol. The Morgan fingerprint density at radius 2 is 1.49 bits per heavy atom. The summed E-state index contributed by atoms with van der Waals surface area (Å²) in [7, 11) is 0. The van der Waals surface area contributed by atoms with E-state index in [1.807, 2.05) is 6.07 Å². The van der Waals surface area contributed by atoms with Crippen molar-refractivity contribution in [2.75, 3.05) is 11.9 Å². The molecule has 0 spiro atoms. The summed E-state index contributed by atoms with van der Waals surface area (Å²) in [5.41, 5.74) is 6.28. The molecule has 0 bridgehead atoms. The van der Waals surface area contributed by atoms with Crippen LogP contribution in [0.5, 0.6) is 11.5 Å². The Balaban J connectivity index is 1.17. The van der Waals surface area contributed by atoms with Crippen LogP contribution in [-0.4, -0.2) is 6.61 Å². The predicted octanol–water partition coefficient (Wildman–Crippen LogP) is 8.10. The summed E-state index contributed by atoms with van der Waals surface area (Å²) in [6.45, 7) is 1.29. The minimum atomic E-state index is 0.192. The quantitative estimate of drug-likeness (QED) is 0.191. The van der Waals surface area contributed by atoms with Crippen LogP contribution in [0.15, 0.2) is 115 Å². The van der Waals surface area contributed by atoms with E-state index in [9.17, 15) is 0 Å². The molecule has 0 aromatic heterocycles. The van der Waals surface area contributed by atoms with E-state index >= 15 is 0 Å². The maximum Gasteiger partial charge on any atom is 0.125 e. The maximum absolute atomic E-state index is 6.34. The van der Waals surface area contributed by atoms with Gasteiger partial charge in [-0.15, -0.1) is 0 Å². The van der Waals surface area contributed by atoms with E-state index in [0.29, 0.717) is 18.4 Å². The van der Waals surface area contributed by atoms with Crippen molar-refractivity contribution in [3.8, 4) is 11.5 Å². The van der Waals surface area contributed by atoms with Crippen molar-refractivity contribution in [2.45, 2.75) is 37.8 Å². The molecule has 0 fully saturated rings. The van der Waals surface area contributed by atoms with Crippen LogP contribution in [-0.2, 0) is 13.0 Å². The standard InChI is InChI=1S/C34H33NO2/c1-3-11-25(12-4-1)15-10-22-36-27-20-21-32-31(23-27)28-17-9-18-29(28)34(35-32)30-16-7-8-19-33(30)37-24-26-13-5-2-6-14-26/h1-9,11-14,16-17,19-21,23,28-29,34-35H,10,15,18,22,24H2. The average Bonchev–Trinajstić information content (AvgIpc) is 3.46. The van der Waals surface area contributed by atoms with Gasteiger partial charge in [-0.1, -0.05) is 91.0 Å². The fourth-order valence-corrected chi connectivity index (χ4v) is 5.69. The number of hydrogen-bond acceptors (Lipinski definition) is 3. The molecule has 1 aliphatic carbocycles. The highest BCUT2D eigenvalue weighted by Crippen LogP contribution is 2.51. The first-order chi connectivity index (χ1) is 18.3. The van der Waals surface area contributed by atoms with E-state index in [2.05, 4.69) is 115 Å². The van der Waals surface area contributed by atoms with Crippen LogP contribution in [0.1, 0.15) is 47.1 Å². The monoisotopic (exact) mass is 487 g/mol. The smallest absolute Gasteiger partial charge is 0.125 e. The van der Waals surface area contributed by atoms with Gasteiger partial charge in [0.1, 0.15) is 18.1 Å². The van der Waals surface area contributed by atoms with Crippen LogP contribution in [0, 0.1) is 5.92 Å².